The lowest BCUT2D eigenvalue weighted by molar-refractivity contribution is 0.503. The van der Waals surface area contributed by atoms with Crippen LogP contribution in [-0.4, -0.2) is 40.9 Å². The van der Waals surface area contributed by atoms with E-state index in [1.165, 1.54) is 19.6 Å². The predicted octanol–water partition coefficient (Wildman–Crippen LogP) is -0.673. The zero-order valence-corrected chi connectivity index (χ0v) is 10.0. The van der Waals surface area contributed by atoms with Gasteiger partial charge in [0, 0.05) is 20.3 Å². The molecule has 15 heavy (non-hydrogen) atoms. The zero-order chi connectivity index (χ0) is 11.6. The van der Waals surface area contributed by atoms with Crippen molar-refractivity contribution in [3.8, 4) is 0 Å². The van der Waals surface area contributed by atoms with Crippen LogP contribution in [0.5, 0.6) is 0 Å². The molecule has 0 saturated heterocycles. The maximum absolute atomic E-state index is 11.8. The van der Waals surface area contributed by atoms with Crippen LogP contribution in [0.3, 0.4) is 0 Å². The smallest absolute Gasteiger partial charge is 0.262 e. The molecule has 84 valence electrons. The Balaban J connectivity index is 2.98. The van der Waals surface area contributed by atoms with Crippen molar-refractivity contribution < 1.29 is 8.42 Å². The lowest BCUT2D eigenvalue weighted by atomic mass is 10.7. The van der Waals surface area contributed by atoms with Gasteiger partial charge in [0.15, 0.2) is 5.03 Å². The molecule has 0 amide bonds. The number of nitrogens with two attached hydrogens (primary N) is 1. The van der Waals surface area contributed by atoms with Gasteiger partial charge in [-0.1, -0.05) is 12.2 Å². The molecule has 0 unspecified atom stereocenters. The van der Waals surface area contributed by atoms with Gasteiger partial charge in [-0.05, 0) is 0 Å². The summed E-state index contributed by atoms with van der Waals surface area (Å²) in [6.45, 7) is 0.00818. The van der Waals surface area contributed by atoms with E-state index in [9.17, 15) is 8.42 Å². The van der Waals surface area contributed by atoms with Crippen LogP contribution in [0.15, 0.2) is 17.6 Å². The Hall–Kier alpha value is -0.990. The fraction of sp³-hybridized carbons (Fsp3) is 0.429. The molecule has 0 aliphatic heterocycles. The number of nitrogens with zero attached hydrogens (tertiary/aromatic N) is 3. The summed E-state index contributed by atoms with van der Waals surface area (Å²) >= 11 is 4.64. The second-order valence-corrected chi connectivity index (χ2v) is 5.62. The zero-order valence-electron chi connectivity index (χ0n) is 8.41. The fourth-order valence-corrected chi connectivity index (χ4v) is 2.37. The van der Waals surface area contributed by atoms with Gasteiger partial charge in [0.25, 0.3) is 10.0 Å². The van der Waals surface area contributed by atoms with Crippen LogP contribution in [0.1, 0.15) is 0 Å². The van der Waals surface area contributed by atoms with Gasteiger partial charge >= 0.3 is 0 Å². The van der Waals surface area contributed by atoms with E-state index in [-0.39, 0.29) is 16.6 Å². The highest BCUT2D eigenvalue weighted by Gasteiger charge is 2.23. The summed E-state index contributed by atoms with van der Waals surface area (Å²) < 4.78 is 26.3. The summed E-state index contributed by atoms with van der Waals surface area (Å²) in [5.41, 5.74) is 5.27. The third-order valence-corrected chi connectivity index (χ3v) is 3.55. The Bertz CT molecular complexity index is 465. The molecule has 0 atom stereocenters. The van der Waals surface area contributed by atoms with Gasteiger partial charge in [-0.15, -0.1) is 0 Å². The number of likely N-dealkylation sites (N-methyl/N-ethyl adjacent to an activating group) is 1. The summed E-state index contributed by atoms with van der Waals surface area (Å²) in [7, 11) is -0.479. The van der Waals surface area contributed by atoms with Gasteiger partial charge in [0.1, 0.15) is 0 Å². The van der Waals surface area contributed by atoms with Gasteiger partial charge in [-0.2, -0.15) is 4.31 Å². The molecule has 0 spiro atoms. The lowest BCUT2D eigenvalue weighted by Crippen LogP contribution is -2.34. The molecular weight excluding hydrogens is 236 g/mol. The first-order valence-corrected chi connectivity index (χ1v) is 5.91. The molecule has 0 fully saturated rings. The van der Waals surface area contributed by atoms with E-state index >= 15 is 0 Å². The number of aryl methyl sites for hydroxylation is 1. The number of thiocarbonyl (C=S) groups is 1. The summed E-state index contributed by atoms with van der Waals surface area (Å²) in [5.74, 6) is 0. The second kappa shape index (κ2) is 4.25. The number of hydrogen-bond donors (Lipinski definition) is 1. The van der Waals surface area contributed by atoms with Gasteiger partial charge in [-0.25, -0.2) is 13.4 Å². The van der Waals surface area contributed by atoms with Gasteiger partial charge in [0.2, 0.25) is 0 Å². The second-order valence-electron chi connectivity index (χ2n) is 3.10. The molecule has 1 rings (SSSR count). The molecule has 1 aromatic heterocycles. The highest BCUT2D eigenvalue weighted by atomic mass is 32.2. The highest BCUT2D eigenvalue weighted by Crippen LogP contribution is 2.10. The molecule has 1 heterocycles. The SMILES string of the molecule is CN(CC(N)=S)S(=O)(=O)c1cn(C)cn1. The average Bonchev–Trinajstić information content (AvgIpc) is 2.50. The lowest BCUT2D eigenvalue weighted by Gasteiger charge is -2.13. The van der Waals surface area contributed by atoms with Crippen molar-refractivity contribution in [3.05, 3.63) is 12.5 Å². The van der Waals surface area contributed by atoms with Crippen molar-refractivity contribution in [1.82, 2.24) is 13.9 Å². The molecule has 1 aromatic rings. The van der Waals surface area contributed by atoms with E-state index in [4.69, 9.17) is 5.73 Å². The Morgan fingerprint density at radius 1 is 1.73 bits per heavy atom. The van der Waals surface area contributed by atoms with E-state index < -0.39 is 10.0 Å². The first kappa shape index (κ1) is 12.1. The van der Waals surface area contributed by atoms with Crippen LogP contribution in [0.25, 0.3) is 0 Å². The number of aromatic nitrogens is 2. The van der Waals surface area contributed by atoms with Crippen molar-refractivity contribution in [2.75, 3.05) is 13.6 Å². The Labute approximate surface area is 93.7 Å². The van der Waals surface area contributed by atoms with Crippen molar-refractivity contribution in [2.24, 2.45) is 12.8 Å². The molecular formula is C7H12N4O2S2. The monoisotopic (exact) mass is 248 g/mol. The van der Waals surface area contributed by atoms with E-state index in [2.05, 4.69) is 17.2 Å². The minimum atomic E-state index is -3.58. The van der Waals surface area contributed by atoms with Crippen LogP contribution < -0.4 is 5.73 Å². The topological polar surface area (TPSA) is 81.2 Å². The van der Waals surface area contributed by atoms with Crippen molar-refractivity contribution in [3.63, 3.8) is 0 Å². The summed E-state index contributed by atoms with van der Waals surface area (Å²) in [6.07, 6.45) is 2.84. The van der Waals surface area contributed by atoms with E-state index in [1.807, 2.05) is 0 Å². The van der Waals surface area contributed by atoms with Gasteiger partial charge < -0.3 is 10.3 Å². The quantitative estimate of drug-likeness (QED) is 0.714. The van der Waals surface area contributed by atoms with Crippen molar-refractivity contribution >= 4 is 27.2 Å². The van der Waals surface area contributed by atoms with Gasteiger partial charge in [-0.3, -0.25) is 0 Å². The normalized spacial score (nSPS) is 11.9. The number of hydrogen-bond acceptors (Lipinski definition) is 4. The Morgan fingerprint density at radius 3 is 2.73 bits per heavy atom. The summed E-state index contributed by atoms with van der Waals surface area (Å²) in [4.78, 5) is 3.89. The number of sulfonamides is 1. The molecule has 8 heteroatoms. The average molecular weight is 248 g/mol. The van der Waals surface area contributed by atoms with Gasteiger partial charge in [0.05, 0.1) is 17.9 Å². The first-order valence-electron chi connectivity index (χ1n) is 4.06. The third kappa shape index (κ3) is 2.74. The molecule has 6 nitrogen and oxygen atoms in total. The number of rotatable bonds is 4. The fourth-order valence-electron chi connectivity index (χ4n) is 0.986. The van der Waals surface area contributed by atoms with Crippen LogP contribution in [0.4, 0.5) is 0 Å². The molecule has 0 aliphatic rings. The molecule has 2 N–H and O–H groups in total. The summed E-state index contributed by atoms with van der Waals surface area (Å²) in [5, 5.41) is -0.0104. The van der Waals surface area contributed by atoms with E-state index in [1.54, 1.807) is 11.6 Å². The van der Waals surface area contributed by atoms with E-state index in [0.717, 1.165) is 4.31 Å². The minimum absolute atomic E-state index is 0.00818. The largest absolute Gasteiger partial charge is 0.392 e. The standard InChI is InChI=1S/C7H12N4O2S2/c1-10-4-7(9-5-10)15(12,13)11(2)3-6(8)14/h4-5H,3H2,1-2H3,(H2,8,14). The molecule has 0 aromatic carbocycles. The van der Waals surface area contributed by atoms with Crippen LogP contribution in [0, 0.1) is 0 Å². The van der Waals surface area contributed by atoms with Crippen LogP contribution in [0.2, 0.25) is 0 Å². The van der Waals surface area contributed by atoms with Crippen molar-refractivity contribution in [1.29, 1.82) is 0 Å². The third-order valence-electron chi connectivity index (χ3n) is 1.73. The summed E-state index contributed by atoms with van der Waals surface area (Å²) in [6, 6.07) is 0. The highest BCUT2D eigenvalue weighted by molar-refractivity contribution is 7.89. The van der Waals surface area contributed by atoms with Crippen LogP contribution in [-0.2, 0) is 17.1 Å². The number of imidazole rings is 1. The van der Waals surface area contributed by atoms with Crippen LogP contribution >= 0.6 is 12.2 Å². The molecule has 0 saturated carbocycles. The molecule has 0 aliphatic carbocycles. The molecule has 0 bridgehead atoms. The predicted molar refractivity (Wildman–Crippen MR) is 59.8 cm³/mol. The Morgan fingerprint density at radius 2 is 2.33 bits per heavy atom. The maximum Gasteiger partial charge on any atom is 0.262 e. The molecule has 0 radical (unpaired) electrons. The Kier molecular flexibility index (Phi) is 3.42. The maximum atomic E-state index is 11.8. The minimum Gasteiger partial charge on any atom is -0.392 e. The van der Waals surface area contributed by atoms with Crippen molar-refractivity contribution in [2.45, 2.75) is 5.03 Å². The first-order chi connectivity index (χ1) is 6.84. The van der Waals surface area contributed by atoms with E-state index in [0.29, 0.717) is 0 Å².